The van der Waals surface area contributed by atoms with E-state index in [4.69, 9.17) is 4.74 Å². The molecular weight excluding hydrogens is 352 g/mol. The quantitative estimate of drug-likeness (QED) is 0.764. The third-order valence-electron chi connectivity index (χ3n) is 4.63. The molecule has 1 fully saturated rings. The van der Waals surface area contributed by atoms with Gasteiger partial charge in [-0.25, -0.2) is 19.1 Å². The van der Waals surface area contributed by atoms with Gasteiger partial charge in [0.25, 0.3) is 17.5 Å². The molecule has 2 atom stereocenters. The fourth-order valence-corrected chi connectivity index (χ4v) is 3.09. The van der Waals surface area contributed by atoms with E-state index < -0.39 is 24.5 Å². The number of aromatic nitrogens is 4. The summed E-state index contributed by atoms with van der Waals surface area (Å²) >= 11 is 0. The van der Waals surface area contributed by atoms with Crippen LogP contribution in [0.3, 0.4) is 0 Å². The first-order chi connectivity index (χ1) is 12.9. The van der Waals surface area contributed by atoms with Crippen molar-refractivity contribution in [2.45, 2.75) is 45.6 Å². The molecule has 1 aliphatic rings. The van der Waals surface area contributed by atoms with Crippen molar-refractivity contribution in [1.29, 1.82) is 0 Å². The Balaban J connectivity index is 1.48. The molecule has 1 aliphatic carbocycles. The molecule has 3 amide bonds. The van der Waals surface area contributed by atoms with Gasteiger partial charge in [-0.05, 0) is 31.7 Å². The second-order valence-electron chi connectivity index (χ2n) is 6.70. The number of ether oxygens (including phenoxy) is 1. The van der Waals surface area contributed by atoms with Crippen LogP contribution in [0.25, 0.3) is 5.78 Å². The highest BCUT2D eigenvalue weighted by Gasteiger charge is 2.24. The van der Waals surface area contributed by atoms with Crippen LogP contribution in [-0.2, 0) is 9.53 Å². The molecule has 0 aliphatic heterocycles. The number of hydrogen-bond donors (Lipinski definition) is 2. The lowest BCUT2D eigenvalue weighted by Gasteiger charge is -2.29. The van der Waals surface area contributed by atoms with Gasteiger partial charge in [0, 0.05) is 17.9 Å². The van der Waals surface area contributed by atoms with E-state index in [9.17, 15) is 14.4 Å². The Morgan fingerprint density at radius 3 is 2.81 bits per heavy atom. The lowest BCUT2D eigenvalue weighted by Crippen LogP contribution is -2.48. The van der Waals surface area contributed by atoms with Crippen LogP contribution in [0.4, 0.5) is 4.79 Å². The minimum atomic E-state index is -0.864. The van der Waals surface area contributed by atoms with Crippen molar-refractivity contribution in [2.75, 3.05) is 6.61 Å². The summed E-state index contributed by atoms with van der Waals surface area (Å²) in [7, 11) is 0. The number of fused-ring (bicyclic) bond motifs is 1. The molecule has 0 spiro atoms. The average molecular weight is 374 g/mol. The molecule has 2 aromatic heterocycles. The number of urea groups is 1. The van der Waals surface area contributed by atoms with Gasteiger partial charge in [-0.3, -0.25) is 10.1 Å². The maximum absolute atomic E-state index is 12.0. The van der Waals surface area contributed by atoms with Crippen LogP contribution in [0.15, 0.2) is 12.3 Å². The fraction of sp³-hybridized carbons (Fsp3) is 0.529. The van der Waals surface area contributed by atoms with Crippen molar-refractivity contribution < 1.29 is 19.1 Å². The fourth-order valence-electron chi connectivity index (χ4n) is 3.09. The maximum Gasteiger partial charge on any atom is 0.378 e. The first-order valence-corrected chi connectivity index (χ1v) is 8.90. The lowest BCUT2D eigenvalue weighted by molar-refractivity contribution is -0.123. The van der Waals surface area contributed by atoms with Crippen LogP contribution >= 0.6 is 0 Å². The Morgan fingerprint density at radius 2 is 2.07 bits per heavy atom. The summed E-state index contributed by atoms with van der Waals surface area (Å²) in [6.45, 7) is 3.26. The van der Waals surface area contributed by atoms with Crippen molar-refractivity contribution in [2.24, 2.45) is 5.92 Å². The molecule has 10 nitrogen and oxygen atoms in total. The number of nitrogens with zero attached hydrogens (tertiary/aromatic N) is 4. The molecule has 0 unspecified atom stereocenters. The van der Waals surface area contributed by atoms with Crippen molar-refractivity contribution in [3.05, 3.63) is 23.8 Å². The number of aryl methyl sites for hydroxylation is 1. The summed E-state index contributed by atoms with van der Waals surface area (Å²) in [5.41, 5.74) is 0.748. The smallest absolute Gasteiger partial charge is 0.378 e. The van der Waals surface area contributed by atoms with Crippen LogP contribution in [-0.4, -0.2) is 50.1 Å². The molecule has 2 heterocycles. The highest BCUT2D eigenvalue weighted by Crippen LogP contribution is 2.23. The van der Waals surface area contributed by atoms with Crippen molar-refractivity contribution in [3.8, 4) is 0 Å². The molecule has 1 saturated carbocycles. The highest BCUT2D eigenvalue weighted by atomic mass is 16.5. The van der Waals surface area contributed by atoms with E-state index >= 15 is 0 Å². The van der Waals surface area contributed by atoms with Gasteiger partial charge in [-0.1, -0.05) is 19.8 Å². The van der Waals surface area contributed by atoms with Gasteiger partial charge in [0.2, 0.25) is 0 Å². The second kappa shape index (κ2) is 8.11. The van der Waals surface area contributed by atoms with E-state index in [0.29, 0.717) is 5.92 Å². The third kappa shape index (κ3) is 4.57. The number of nitrogens with one attached hydrogen (secondary N) is 2. The summed E-state index contributed by atoms with van der Waals surface area (Å²) in [5, 5.41) is 8.96. The van der Waals surface area contributed by atoms with E-state index in [-0.39, 0.29) is 17.6 Å². The second-order valence-corrected chi connectivity index (χ2v) is 6.70. The largest absolute Gasteiger partial charge is 0.450 e. The molecule has 0 bridgehead atoms. The number of carbonyl (C=O) groups excluding carboxylic acids is 3. The zero-order valence-corrected chi connectivity index (χ0v) is 15.3. The van der Waals surface area contributed by atoms with Gasteiger partial charge in [0.15, 0.2) is 6.61 Å². The molecule has 2 aromatic rings. The van der Waals surface area contributed by atoms with E-state index in [0.717, 1.165) is 31.4 Å². The van der Waals surface area contributed by atoms with Crippen LogP contribution in [0, 0.1) is 12.8 Å². The van der Waals surface area contributed by atoms with E-state index in [1.165, 1.54) is 4.52 Å². The van der Waals surface area contributed by atoms with Crippen LogP contribution < -0.4 is 10.6 Å². The van der Waals surface area contributed by atoms with Gasteiger partial charge in [-0.2, -0.15) is 4.98 Å². The number of carbonyl (C=O) groups is 3. The molecule has 3 rings (SSSR count). The van der Waals surface area contributed by atoms with Crippen LogP contribution in [0.5, 0.6) is 0 Å². The van der Waals surface area contributed by atoms with Gasteiger partial charge in [0.1, 0.15) is 0 Å². The minimum Gasteiger partial charge on any atom is -0.450 e. The first-order valence-electron chi connectivity index (χ1n) is 8.90. The standard InChI is InChI=1S/C17H22N6O4/c1-10-5-3-4-6-12(10)19-17(26)20-13(24)9-27-15(25)14-21-16-18-8-7-11(2)23(16)22-14/h7-8,10,12H,3-6,9H2,1-2H3,(H2,19,20,24,26)/t10-,12-/m0/s1. The molecule has 0 saturated heterocycles. The zero-order chi connectivity index (χ0) is 19.4. The molecule has 27 heavy (non-hydrogen) atoms. The molecule has 10 heteroatoms. The first kappa shape index (κ1) is 18.7. The predicted molar refractivity (Wildman–Crippen MR) is 93.9 cm³/mol. The predicted octanol–water partition coefficient (Wildman–Crippen LogP) is 0.994. The normalized spacial score (nSPS) is 19.5. The molecule has 2 N–H and O–H groups in total. The van der Waals surface area contributed by atoms with E-state index in [1.807, 2.05) is 0 Å². The summed E-state index contributed by atoms with van der Waals surface area (Å²) in [4.78, 5) is 43.7. The SMILES string of the molecule is Cc1ccnc2nc(C(=O)OCC(=O)NC(=O)N[C@H]3CCCC[C@@H]3C)nn12. The number of rotatable bonds is 4. The summed E-state index contributed by atoms with van der Waals surface area (Å²) < 4.78 is 6.27. The lowest BCUT2D eigenvalue weighted by atomic mass is 9.86. The van der Waals surface area contributed by atoms with E-state index in [2.05, 4.69) is 32.6 Å². The van der Waals surface area contributed by atoms with Gasteiger partial charge in [-0.15, -0.1) is 5.10 Å². The topological polar surface area (TPSA) is 128 Å². The maximum atomic E-state index is 12.0. The van der Waals surface area contributed by atoms with Crippen LogP contribution in [0.1, 0.15) is 48.9 Å². The molecule has 144 valence electrons. The molecule has 0 aromatic carbocycles. The zero-order valence-electron chi connectivity index (χ0n) is 15.3. The summed E-state index contributed by atoms with van der Waals surface area (Å²) in [6.07, 6.45) is 5.71. The van der Waals surface area contributed by atoms with Crippen molar-refractivity contribution in [3.63, 3.8) is 0 Å². The average Bonchev–Trinajstić information content (AvgIpc) is 3.07. The van der Waals surface area contributed by atoms with Gasteiger partial charge in [0.05, 0.1) is 0 Å². The Bertz CT molecular complexity index is 864. The highest BCUT2D eigenvalue weighted by molar-refractivity contribution is 5.96. The number of imide groups is 1. The Hall–Kier alpha value is -3.04. The molecule has 0 radical (unpaired) electrons. The number of esters is 1. The van der Waals surface area contributed by atoms with Gasteiger partial charge >= 0.3 is 12.0 Å². The Labute approximate surface area is 155 Å². The van der Waals surface area contributed by atoms with E-state index in [1.54, 1.807) is 19.2 Å². The monoisotopic (exact) mass is 374 g/mol. The van der Waals surface area contributed by atoms with Crippen molar-refractivity contribution >= 4 is 23.7 Å². The summed E-state index contributed by atoms with van der Waals surface area (Å²) in [6, 6.07) is 1.18. The summed E-state index contributed by atoms with van der Waals surface area (Å²) in [5.74, 6) is -1.16. The van der Waals surface area contributed by atoms with Gasteiger partial charge < -0.3 is 10.1 Å². The van der Waals surface area contributed by atoms with Crippen LogP contribution in [0.2, 0.25) is 0 Å². The van der Waals surface area contributed by atoms with Crippen molar-refractivity contribution in [1.82, 2.24) is 30.2 Å². The third-order valence-corrected chi connectivity index (χ3v) is 4.63. The Morgan fingerprint density at radius 1 is 1.30 bits per heavy atom. The number of amides is 3. The Kier molecular flexibility index (Phi) is 5.63. The number of hydrogen-bond acceptors (Lipinski definition) is 7. The minimum absolute atomic E-state index is 0.0482. The molecular formula is C17H22N6O4.